The summed E-state index contributed by atoms with van der Waals surface area (Å²) in [6.07, 6.45) is 8.98. The van der Waals surface area contributed by atoms with E-state index >= 15 is 0 Å². The summed E-state index contributed by atoms with van der Waals surface area (Å²) in [6, 6.07) is 9.33. The maximum Gasteiger partial charge on any atom is 0.282 e. The van der Waals surface area contributed by atoms with Gasteiger partial charge in [0, 0.05) is 51.0 Å². The van der Waals surface area contributed by atoms with E-state index in [0.717, 1.165) is 12.8 Å². The van der Waals surface area contributed by atoms with Gasteiger partial charge in [0.15, 0.2) is 0 Å². The van der Waals surface area contributed by atoms with Crippen LogP contribution in [0.2, 0.25) is 0 Å². The number of piperazine rings is 1. The number of hydrogen-bond acceptors (Lipinski definition) is 4. The largest absolute Gasteiger partial charge is 0.350 e. The summed E-state index contributed by atoms with van der Waals surface area (Å²) in [5.41, 5.74) is 1.70. The molecule has 5 rings (SSSR count). The SMILES string of the molecule is CC(C)n1cc(C(=O)N2CCN(C(=O)CC3CCCC3)CC2)c2nn(-c3ccccc3)c(=O)c-2c1. The Balaban J connectivity index is 1.39. The summed E-state index contributed by atoms with van der Waals surface area (Å²) in [5.74, 6) is 0.583. The highest BCUT2D eigenvalue weighted by Crippen LogP contribution is 2.29. The first-order valence-electron chi connectivity index (χ1n) is 12.7. The zero-order valence-corrected chi connectivity index (χ0v) is 20.5. The Morgan fingerprint density at radius 3 is 2.29 bits per heavy atom. The van der Waals surface area contributed by atoms with Crippen LogP contribution in [0.1, 0.15) is 62.4 Å². The molecule has 0 unspecified atom stereocenters. The minimum Gasteiger partial charge on any atom is -0.350 e. The van der Waals surface area contributed by atoms with Crippen LogP contribution >= 0.6 is 0 Å². The zero-order chi connectivity index (χ0) is 24.5. The number of para-hydroxylation sites is 1. The van der Waals surface area contributed by atoms with Gasteiger partial charge < -0.3 is 14.4 Å². The van der Waals surface area contributed by atoms with E-state index in [1.807, 2.05) is 53.6 Å². The number of carbonyl (C=O) groups is 2. The normalized spacial score (nSPS) is 17.0. The maximum atomic E-state index is 13.7. The molecule has 2 amide bonds. The molecule has 4 aliphatic rings. The van der Waals surface area contributed by atoms with Crippen molar-refractivity contribution in [3.05, 3.63) is 58.6 Å². The number of nitrogens with zero attached hydrogens (tertiary/aromatic N) is 5. The van der Waals surface area contributed by atoms with Crippen LogP contribution in [0.15, 0.2) is 47.5 Å². The highest BCUT2D eigenvalue weighted by molar-refractivity contribution is 6.00. The molecule has 1 aliphatic carbocycles. The van der Waals surface area contributed by atoms with Crippen LogP contribution < -0.4 is 5.56 Å². The molecule has 0 bridgehead atoms. The molecule has 8 nitrogen and oxygen atoms in total. The molecule has 0 aromatic heterocycles. The van der Waals surface area contributed by atoms with Crippen LogP contribution in [0.3, 0.4) is 0 Å². The average Bonchev–Trinajstić information content (AvgIpc) is 3.51. The number of benzene rings is 1. The molecule has 35 heavy (non-hydrogen) atoms. The fourth-order valence-electron chi connectivity index (χ4n) is 5.25. The van der Waals surface area contributed by atoms with Gasteiger partial charge in [0.1, 0.15) is 5.69 Å². The summed E-state index contributed by atoms with van der Waals surface area (Å²) < 4.78 is 3.26. The number of aromatic nitrogens is 3. The van der Waals surface area contributed by atoms with Crippen molar-refractivity contribution in [2.45, 2.75) is 52.0 Å². The maximum absolute atomic E-state index is 13.7. The minimum atomic E-state index is -0.238. The molecule has 0 atom stereocenters. The lowest BCUT2D eigenvalue weighted by atomic mass is 10.0. The van der Waals surface area contributed by atoms with Crippen LogP contribution in [0.5, 0.6) is 0 Å². The standard InChI is InChI=1S/C27H33N5O3/c1-19(2)31-17-22(25-23(18-31)27(35)32(28-25)21-10-4-3-5-11-21)26(34)30-14-12-29(13-15-30)24(33)16-20-8-6-7-9-20/h3-5,10-11,17-20H,6-9,12-16H2,1-2H3. The van der Waals surface area contributed by atoms with E-state index in [1.165, 1.54) is 17.5 Å². The number of pyridine rings is 1. The summed E-state index contributed by atoms with van der Waals surface area (Å²) in [7, 11) is 0. The van der Waals surface area contributed by atoms with Crippen LogP contribution in [-0.4, -0.2) is 62.1 Å². The Morgan fingerprint density at radius 1 is 0.971 bits per heavy atom. The lowest BCUT2D eigenvalue weighted by Crippen LogP contribution is -2.51. The van der Waals surface area contributed by atoms with E-state index in [4.69, 9.17) is 0 Å². The van der Waals surface area contributed by atoms with Crippen molar-refractivity contribution in [3.8, 4) is 16.9 Å². The van der Waals surface area contributed by atoms with Crippen LogP contribution in [0.4, 0.5) is 0 Å². The van der Waals surface area contributed by atoms with Gasteiger partial charge in [-0.25, -0.2) is 0 Å². The lowest BCUT2D eigenvalue weighted by Gasteiger charge is -2.35. The Bertz CT molecular complexity index is 1230. The van der Waals surface area contributed by atoms with E-state index in [2.05, 4.69) is 5.10 Å². The Morgan fingerprint density at radius 2 is 1.63 bits per heavy atom. The van der Waals surface area contributed by atoms with Gasteiger partial charge in [0.25, 0.3) is 11.5 Å². The Hall–Kier alpha value is -3.42. The molecule has 0 N–H and O–H groups in total. The van der Waals surface area contributed by atoms with E-state index in [-0.39, 0.29) is 23.4 Å². The molecule has 2 fully saturated rings. The number of hydrogen-bond donors (Lipinski definition) is 0. The highest BCUT2D eigenvalue weighted by atomic mass is 16.2. The summed E-state index contributed by atoms with van der Waals surface area (Å²) in [5, 5.41) is 4.58. The monoisotopic (exact) mass is 475 g/mol. The number of amides is 2. The van der Waals surface area contributed by atoms with Crippen LogP contribution in [0.25, 0.3) is 16.9 Å². The molecule has 1 saturated heterocycles. The molecule has 184 valence electrons. The summed E-state index contributed by atoms with van der Waals surface area (Å²) in [6.45, 7) is 6.08. The third-order valence-electron chi connectivity index (χ3n) is 7.37. The third kappa shape index (κ3) is 4.61. The van der Waals surface area contributed by atoms with Crippen molar-refractivity contribution in [1.82, 2.24) is 24.1 Å². The zero-order valence-electron chi connectivity index (χ0n) is 20.5. The smallest absolute Gasteiger partial charge is 0.282 e. The fraction of sp³-hybridized carbons (Fsp3) is 0.481. The summed E-state index contributed by atoms with van der Waals surface area (Å²) in [4.78, 5) is 43.3. The van der Waals surface area contributed by atoms with Crippen molar-refractivity contribution in [3.63, 3.8) is 0 Å². The predicted molar refractivity (Wildman–Crippen MR) is 134 cm³/mol. The topological polar surface area (TPSA) is 80.4 Å². The fourth-order valence-corrected chi connectivity index (χ4v) is 5.25. The molecule has 0 radical (unpaired) electrons. The highest BCUT2D eigenvalue weighted by Gasteiger charge is 2.31. The van der Waals surface area contributed by atoms with E-state index < -0.39 is 0 Å². The first kappa shape index (κ1) is 23.3. The Kier molecular flexibility index (Phi) is 6.45. The molecule has 3 aliphatic heterocycles. The summed E-state index contributed by atoms with van der Waals surface area (Å²) >= 11 is 0. The van der Waals surface area contributed by atoms with Gasteiger partial charge in [0.05, 0.1) is 16.8 Å². The molecule has 3 heterocycles. The molecule has 1 aromatic carbocycles. The van der Waals surface area contributed by atoms with Gasteiger partial charge in [-0.15, -0.1) is 0 Å². The number of fused-ring (bicyclic) bond motifs is 1. The van der Waals surface area contributed by atoms with Crippen LogP contribution in [0, 0.1) is 5.92 Å². The molecular weight excluding hydrogens is 442 g/mol. The first-order chi connectivity index (χ1) is 16.9. The van der Waals surface area contributed by atoms with E-state index in [9.17, 15) is 14.4 Å². The van der Waals surface area contributed by atoms with E-state index in [1.54, 1.807) is 17.3 Å². The van der Waals surface area contributed by atoms with Crippen molar-refractivity contribution in [2.75, 3.05) is 26.2 Å². The van der Waals surface area contributed by atoms with Crippen molar-refractivity contribution in [1.29, 1.82) is 0 Å². The third-order valence-corrected chi connectivity index (χ3v) is 7.37. The minimum absolute atomic E-state index is 0.0791. The van der Waals surface area contributed by atoms with Crippen molar-refractivity contribution in [2.24, 2.45) is 5.92 Å². The van der Waals surface area contributed by atoms with Gasteiger partial charge in [-0.2, -0.15) is 9.78 Å². The van der Waals surface area contributed by atoms with Gasteiger partial charge in [-0.3, -0.25) is 14.4 Å². The quantitative estimate of drug-likeness (QED) is 0.565. The number of carbonyl (C=O) groups excluding carboxylic acids is 2. The first-order valence-corrected chi connectivity index (χ1v) is 12.7. The average molecular weight is 476 g/mol. The van der Waals surface area contributed by atoms with Gasteiger partial charge in [-0.05, 0) is 44.7 Å². The Labute approximate surface area is 205 Å². The van der Waals surface area contributed by atoms with E-state index in [0.29, 0.717) is 61.0 Å². The number of rotatable bonds is 5. The van der Waals surface area contributed by atoms with Crippen molar-refractivity contribution >= 4 is 11.8 Å². The van der Waals surface area contributed by atoms with Crippen molar-refractivity contribution < 1.29 is 9.59 Å². The second-order valence-corrected chi connectivity index (χ2v) is 10.1. The molecule has 0 spiro atoms. The lowest BCUT2D eigenvalue weighted by molar-refractivity contribution is -0.133. The van der Waals surface area contributed by atoms with Gasteiger partial charge >= 0.3 is 0 Å². The molecule has 1 aromatic rings. The predicted octanol–water partition coefficient (Wildman–Crippen LogP) is 3.58. The van der Waals surface area contributed by atoms with Crippen LogP contribution in [-0.2, 0) is 4.79 Å². The second kappa shape index (κ2) is 9.68. The second-order valence-electron chi connectivity index (χ2n) is 10.1. The molecule has 8 heteroatoms. The van der Waals surface area contributed by atoms with Gasteiger partial charge in [0.2, 0.25) is 5.91 Å². The van der Waals surface area contributed by atoms with Gasteiger partial charge in [-0.1, -0.05) is 31.0 Å². The molecule has 1 saturated carbocycles. The molecular formula is C27H33N5O3.